The highest BCUT2D eigenvalue weighted by molar-refractivity contribution is 5.74. The smallest absolute Gasteiger partial charge is 0.217 e. The van der Waals surface area contributed by atoms with E-state index in [0.717, 1.165) is 27.7 Å². The SMILES string of the molecule is CC(=O)N[C@H]1[C@H](O[C@H]2[C@H](O)[C@H](O)C(O)O[C@@H]2CO[C@@H]2O[C@@H](C)[C@@H](O)[C@@H](O)[C@@H]2O)O[C@H](CO)[C@@H](O[C@@H]2O[C@H](CO[C@H]3O[C@H](CO)[C@@H](O)[C@H](O)[C@@H]3O[C@@H]3O[C@H](CO)[C@@H](O)[C@H](O)[C@H]3NC(C)=O)[C@@H](O)[C@H](O[C@H]3O[C@H](CO)[C@@H](O)[C@H](O)[C@@H]3O[C@@H]3O[C@H](CO)[C@@H](O[C@@H]4O[C@H](CO)[C@H](O)[C@H](O)[C@H]4NC(C)=O)[C@H](O)[C@H]3NC(C)=O)[C@@H]2O)[C@@H]1O. The largest absolute Gasteiger partial charge is 0.394 e. The van der Waals surface area contributed by atoms with Crippen LogP contribution in [0.5, 0.6) is 0 Å². The molecule has 111 heavy (non-hydrogen) atoms. The summed E-state index contributed by atoms with van der Waals surface area (Å²) in [6.07, 6.45) is -83.4. The summed E-state index contributed by atoms with van der Waals surface area (Å²) < 4.78 is 101. The first kappa shape index (κ1) is 91.1. The van der Waals surface area contributed by atoms with Crippen molar-refractivity contribution in [3.05, 3.63) is 0 Å². The van der Waals surface area contributed by atoms with Crippen LogP contribution in [0.25, 0.3) is 0 Å². The molecule has 642 valence electrons. The molecular formula is C62H104N4O45. The van der Waals surface area contributed by atoms with Gasteiger partial charge in [0.05, 0.1) is 59.0 Å². The van der Waals surface area contributed by atoms with Crippen molar-refractivity contribution < 1.29 is 222 Å². The molecular weight excluding hydrogens is 1520 g/mol. The Morgan fingerprint density at radius 3 is 0.973 bits per heavy atom. The van der Waals surface area contributed by atoms with Gasteiger partial charge in [-0.15, -0.1) is 0 Å². The molecule has 1 unspecified atom stereocenters. The number of aliphatic hydroxyl groups excluding tert-OH is 24. The van der Waals surface area contributed by atoms with E-state index in [-0.39, 0.29) is 0 Å². The molecule has 9 saturated heterocycles. The zero-order chi connectivity index (χ0) is 81.8. The molecule has 9 rings (SSSR count). The summed E-state index contributed by atoms with van der Waals surface area (Å²) in [7, 11) is 0. The number of carbonyl (C=O) groups excluding carboxylic acids is 4. The molecule has 0 aliphatic carbocycles. The lowest BCUT2D eigenvalue weighted by Crippen LogP contribution is -2.71. The zero-order valence-corrected chi connectivity index (χ0v) is 59.9. The van der Waals surface area contributed by atoms with Gasteiger partial charge in [-0.3, -0.25) is 19.2 Å². The molecule has 9 fully saturated rings. The Hall–Kier alpha value is -3.76. The van der Waals surface area contributed by atoms with E-state index in [1.165, 1.54) is 6.92 Å². The van der Waals surface area contributed by atoms with E-state index >= 15 is 0 Å². The quantitative estimate of drug-likeness (QED) is 0.0346. The highest BCUT2D eigenvalue weighted by atomic mass is 16.8. The molecule has 28 N–H and O–H groups in total. The van der Waals surface area contributed by atoms with E-state index in [1.54, 1.807) is 0 Å². The van der Waals surface area contributed by atoms with E-state index in [4.69, 9.17) is 80.5 Å². The predicted octanol–water partition coefficient (Wildman–Crippen LogP) is -19.0. The highest BCUT2D eigenvalue weighted by Crippen LogP contribution is 2.40. The molecule has 0 bridgehead atoms. The molecule has 0 aromatic rings. The van der Waals surface area contributed by atoms with Crippen LogP contribution in [-0.4, -0.2) is 475 Å². The van der Waals surface area contributed by atoms with E-state index in [2.05, 4.69) is 21.3 Å². The highest BCUT2D eigenvalue weighted by Gasteiger charge is 2.61. The summed E-state index contributed by atoms with van der Waals surface area (Å²) in [5.41, 5.74) is 0. The van der Waals surface area contributed by atoms with E-state index in [9.17, 15) is 142 Å². The minimum absolute atomic E-state index is 0.804. The van der Waals surface area contributed by atoms with Gasteiger partial charge in [0.2, 0.25) is 23.6 Å². The Balaban J connectivity index is 1.05. The van der Waals surface area contributed by atoms with Crippen molar-refractivity contribution in [1.29, 1.82) is 0 Å². The number of nitrogens with one attached hydrogen (secondary N) is 4. The van der Waals surface area contributed by atoms with Gasteiger partial charge in [-0.2, -0.15) is 0 Å². The molecule has 45 atom stereocenters. The summed E-state index contributed by atoms with van der Waals surface area (Å²) in [6, 6.07) is -7.32. The first-order valence-electron chi connectivity index (χ1n) is 35.5. The molecule has 0 saturated carbocycles. The molecule has 49 heteroatoms. The maximum absolute atomic E-state index is 13.1. The molecule has 9 aliphatic heterocycles. The summed E-state index contributed by atoms with van der Waals surface area (Å²) in [4.78, 5) is 50.9. The Labute approximate surface area is 629 Å². The lowest BCUT2D eigenvalue weighted by Gasteiger charge is -2.51. The lowest BCUT2D eigenvalue weighted by molar-refractivity contribution is -0.398. The van der Waals surface area contributed by atoms with Crippen LogP contribution in [0.3, 0.4) is 0 Å². The minimum atomic E-state index is -2.57. The van der Waals surface area contributed by atoms with Gasteiger partial charge in [0.25, 0.3) is 0 Å². The Kier molecular flexibility index (Phi) is 32.6. The molecule has 0 aromatic heterocycles. The van der Waals surface area contributed by atoms with Gasteiger partial charge in [0.1, 0.15) is 213 Å². The second-order valence-electron chi connectivity index (χ2n) is 28.2. The van der Waals surface area contributed by atoms with Crippen LogP contribution < -0.4 is 21.3 Å². The third-order valence-corrected chi connectivity index (χ3v) is 20.3. The van der Waals surface area contributed by atoms with Gasteiger partial charge in [-0.1, -0.05) is 0 Å². The van der Waals surface area contributed by atoms with Gasteiger partial charge in [0.15, 0.2) is 56.6 Å². The van der Waals surface area contributed by atoms with Crippen molar-refractivity contribution in [2.45, 2.75) is 311 Å². The summed E-state index contributed by atoms with van der Waals surface area (Å²) in [6.45, 7) is -3.35. The van der Waals surface area contributed by atoms with Crippen LogP contribution in [0.15, 0.2) is 0 Å². The molecule has 49 nitrogen and oxygen atoms in total. The average Bonchev–Trinajstić information content (AvgIpc) is 0.769. The fourth-order valence-electron chi connectivity index (χ4n) is 14.3. The van der Waals surface area contributed by atoms with Crippen LogP contribution >= 0.6 is 0 Å². The first-order valence-corrected chi connectivity index (χ1v) is 35.5. The number of rotatable bonds is 28. The number of carbonyl (C=O) groups is 4. The summed E-state index contributed by atoms with van der Waals surface area (Å²) in [5.74, 6) is -3.57. The van der Waals surface area contributed by atoms with Crippen LogP contribution in [0.2, 0.25) is 0 Å². The van der Waals surface area contributed by atoms with Crippen molar-refractivity contribution >= 4 is 23.6 Å². The Bertz CT molecular complexity index is 2950. The third-order valence-electron chi connectivity index (χ3n) is 20.3. The van der Waals surface area contributed by atoms with Crippen molar-refractivity contribution in [1.82, 2.24) is 21.3 Å². The van der Waals surface area contributed by atoms with Gasteiger partial charge < -0.3 is 224 Å². The maximum Gasteiger partial charge on any atom is 0.217 e. The summed E-state index contributed by atoms with van der Waals surface area (Å²) in [5, 5.41) is 276. The van der Waals surface area contributed by atoms with E-state index in [1.807, 2.05) is 0 Å². The maximum atomic E-state index is 13.1. The van der Waals surface area contributed by atoms with E-state index in [0.29, 0.717) is 0 Å². The number of amides is 4. The molecule has 9 aliphatic rings. The molecule has 0 aromatic carbocycles. The normalized spacial score (nSPS) is 49.3. The van der Waals surface area contributed by atoms with Crippen LogP contribution in [0.1, 0.15) is 34.6 Å². The number of hydrogen-bond acceptors (Lipinski definition) is 45. The molecule has 0 radical (unpaired) electrons. The number of hydrogen-bond donors (Lipinski definition) is 28. The lowest BCUT2D eigenvalue weighted by atomic mass is 9.94. The zero-order valence-electron chi connectivity index (χ0n) is 59.9. The monoisotopic (exact) mass is 1620 g/mol. The fraction of sp³-hybridized carbons (Fsp3) is 0.935. The predicted molar refractivity (Wildman–Crippen MR) is 342 cm³/mol. The van der Waals surface area contributed by atoms with Crippen LogP contribution in [0.4, 0.5) is 0 Å². The number of aliphatic hydroxyl groups is 24. The third kappa shape index (κ3) is 20.3. The molecule has 9 heterocycles. The average molecular weight is 1630 g/mol. The van der Waals surface area contributed by atoms with Crippen LogP contribution in [-0.2, 0) is 99.7 Å². The van der Waals surface area contributed by atoms with Crippen molar-refractivity contribution in [2.24, 2.45) is 0 Å². The molecule has 4 amide bonds. The standard InChI is InChI=1S/C62H104N4O45/c1-14-31(77)41(87)46(92)59(97-14)95-13-26-50(44(90)45(91)54(94)98-26)107-57-29(65-17(4)75)40(86)49(24(11-72)103-57)108-60-47(93)51(36(82)25(105-60)12-96-61-52(42(88)34(80)21(8-69)101-61)110-56-28(64-16(3)74)38(84)33(79)20(7-68)100-56)109-62-53(43(89)35(81)22(9-70)102-62)111-58-30(66-18(5)76)39(85)48(23(10-71)104-58)106-55-27(63-15(2)73)37(83)32(78)19(6-67)99-55/h14,19-62,67-72,77-94H,6-13H2,1-5H3,(H,63,73)(H,64,74)(H,65,75)(H,66,76)/t14-,19+,20+,21+,22+,23+,24+,25+,26+,27+,28+,29+,30+,31+,32-,33+,34+,35+,36+,37+,38+,39+,40+,41+,42-,43-,44+,45-,46-,47-,48+,49+,50+,51-,52-,53-,54?,55-,56-,57-,58-,59+,60-,61-,62+/m0/s1. The Morgan fingerprint density at radius 2 is 0.559 bits per heavy atom. The van der Waals surface area contributed by atoms with Crippen LogP contribution in [0, 0.1) is 0 Å². The second kappa shape index (κ2) is 39.7. The topological polar surface area (TPSA) is 759 Å². The first-order chi connectivity index (χ1) is 52.4. The van der Waals surface area contributed by atoms with Gasteiger partial charge in [-0.25, -0.2) is 0 Å². The second-order valence-corrected chi connectivity index (χ2v) is 28.2. The van der Waals surface area contributed by atoms with Crippen molar-refractivity contribution in [2.75, 3.05) is 52.9 Å². The van der Waals surface area contributed by atoms with Gasteiger partial charge in [0, 0.05) is 27.7 Å². The van der Waals surface area contributed by atoms with Gasteiger partial charge >= 0.3 is 0 Å². The Morgan fingerprint density at radius 1 is 0.252 bits per heavy atom. The van der Waals surface area contributed by atoms with Crippen molar-refractivity contribution in [3.63, 3.8) is 0 Å². The minimum Gasteiger partial charge on any atom is -0.394 e. The summed E-state index contributed by atoms with van der Waals surface area (Å²) >= 11 is 0. The van der Waals surface area contributed by atoms with E-state index < -0.39 is 353 Å². The number of ether oxygens (including phenoxy) is 17. The van der Waals surface area contributed by atoms with Gasteiger partial charge in [-0.05, 0) is 6.92 Å². The van der Waals surface area contributed by atoms with Crippen molar-refractivity contribution in [3.8, 4) is 0 Å². The fourth-order valence-corrected chi connectivity index (χ4v) is 14.3. The molecule has 0 spiro atoms.